The number of rotatable bonds is 5. The molecule has 0 fully saturated rings. The molecule has 182 valence electrons. The second-order valence-corrected chi connectivity index (χ2v) is 8.49. The molecule has 3 heterocycles. The van der Waals surface area contributed by atoms with Crippen LogP contribution < -0.4 is 5.32 Å². The Hall–Kier alpha value is -4.18. The third-order valence-corrected chi connectivity index (χ3v) is 5.91. The lowest BCUT2D eigenvalue weighted by Gasteiger charge is -2.18. The number of alkyl halides is 3. The van der Waals surface area contributed by atoms with E-state index in [1.807, 2.05) is 6.07 Å². The first-order valence-electron chi connectivity index (χ1n) is 10.8. The lowest BCUT2D eigenvalue weighted by molar-refractivity contribution is -0.136. The Kier molecular flexibility index (Phi) is 5.97. The zero-order valence-corrected chi connectivity index (χ0v) is 19.5. The fraction of sp³-hybridized carbons (Fsp3) is 0.120. The van der Waals surface area contributed by atoms with E-state index in [0.29, 0.717) is 33.1 Å². The quantitative estimate of drug-likeness (QED) is 0.326. The number of benzene rings is 2. The van der Waals surface area contributed by atoms with Gasteiger partial charge in [0, 0.05) is 17.4 Å². The van der Waals surface area contributed by atoms with E-state index in [1.165, 1.54) is 35.3 Å². The molecule has 3 aromatic heterocycles. The van der Waals surface area contributed by atoms with Gasteiger partial charge in [-0.2, -0.15) is 13.2 Å². The molecule has 0 atom stereocenters. The summed E-state index contributed by atoms with van der Waals surface area (Å²) in [5.41, 5.74) is 1.63. The first-order valence-corrected chi connectivity index (χ1v) is 11.2. The fourth-order valence-corrected chi connectivity index (χ4v) is 4.19. The van der Waals surface area contributed by atoms with Gasteiger partial charge in [-0.1, -0.05) is 23.7 Å². The zero-order chi connectivity index (χ0) is 25.4. The van der Waals surface area contributed by atoms with E-state index in [9.17, 15) is 18.0 Å². The summed E-state index contributed by atoms with van der Waals surface area (Å²) in [6, 6.07) is 12.7. The number of amides is 1. The first-order chi connectivity index (χ1) is 17.2. The minimum atomic E-state index is -4.71. The lowest BCUT2D eigenvalue weighted by Crippen LogP contribution is -2.20. The number of halogens is 4. The minimum absolute atomic E-state index is 0.135. The fourth-order valence-electron chi connectivity index (χ4n) is 3.95. The molecule has 0 unspecified atom stereocenters. The number of hydrogen-bond acceptors (Lipinski definition) is 4. The largest absolute Gasteiger partial charge is 0.420 e. The van der Waals surface area contributed by atoms with E-state index < -0.39 is 17.6 Å². The number of anilines is 1. The van der Waals surface area contributed by atoms with Gasteiger partial charge in [-0.15, -0.1) is 0 Å². The standard InChI is InChI=1S/C25H18ClF3N6O/c1-15-12-34(13-31-15)21-6-2-4-19(23(21)25(27,28)29)33-22(36)10-16-7-8-17(11-18(16)26)35-14-32-20-5-3-9-30-24(20)35/h2-9,11-14H,10H2,1H3,(H,33,36). The van der Waals surface area contributed by atoms with Crippen LogP contribution in [-0.4, -0.2) is 30.0 Å². The van der Waals surface area contributed by atoms with Gasteiger partial charge in [0.2, 0.25) is 5.91 Å². The molecule has 5 aromatic rings. The molecule has 11 heteroatoms. The van der Waals surface area contributed by atoms with Gasteiger partial charge in [0.25, 0.3) is 0 Å². The molecular weight excluding hydrogens is 493 g/mol. The highest BCUT2D eigenvalue weighted by Crippen LogP contribution is 2.39. The molecule has 0 spiro atoms. The van der Waals surface area contributed by atoms with Gasteiger partial charge in [0.15, 0.2) is 5.65 Å². The summed E-state index contributed by atoms with van der Waals surface area (Å²) in [7, 11) is 0. The van der Waals surface area contributed by atoms with Gasteiger partial charge in [-0.3, -0.25) is 9.36 Å². The van der Waals surface area contributed by atoms with Crippen LogP contribution in [-0.2, 0) is 17.4 Å². The minimum Gasteiger partial charge on any atom is -0.325 e. The summed E-state index contributed by atoms with van der Waals surface area (Å²) in [4.78, 5) is 25.4. The van der Waals surface area contributed by atoms with E-state index in [0.717, 1.165) is 0 Å². The zero-order valence-electron chi connectivity index (χ0n) is 18.8. The number of carbonyl (C=O) groups excluding carboxylic acids is 1. The average Bonchev–Trinajstić information content (AvgIpc) is 3.46. The summed E-state index contributed by atoms with van der Waals surface area (Å²) in [6.07, 6.45) is 1.12. The van der Waals surface area contributed by atoms with Crippen molar-refractivity contribution in [2.24, 2.45) is 0 Å². The summed E-state index contributed by atoms with van der Waals surface area (Å²) >= 11 is 6.43. The Balaban J connectivity index is 1.40. The number of carbonyl (C=O) groups is 1. The molecule has 7 nitrogen and oxygen atoms in total. The van der Waals surface area contributed by atoms with Gasteiger partial charge in [-0.05, 0) is 48.9 Å². The Labute approximate surface area is 208 Å². The van der Waals surface area contributed by atoms with E-state index in [4.69, 9.17) is 11.6 Å². The Bertz CT molecular complexity index is 1590. The van der Waals surface area contributed by atoms with Crippen molar-refractivity contribution in [1.82, 2.24) is 24.1 Å². The van der Waals surface area contributed by atoms with Crippen molar-refractivity contribution in [1.29, 1.82) is 0 Å². The van der Waals surface area contributed by atoms with Crippen LogP contribution in [0.15, 0.2) is 73.6 Å². The van der Waals surface area contributed by atoms with Gasteiger partial charge in [0.05, 0.1) is 35.5 Å². The predicted octanol–water partition coefficient (Wildman–Crippen LogP) is 5.77. The van der Waals surface area contributed by atoms with Crippen molar-refractivity contribution in [2.75, 3.05) is 5.32 Å². The van der Waals surface area contributed by atoms with Crippen LogP contribution in [0.1, 0.15) is 16.8 Å². The molecule has 0 saturated heterocycles. The highest BCUT2D eigenvalue weighted by atomic mass is 35.5. The SMILES string of the molecule is Cc1cn(-c2cccc(NC(=O)Cc3ccc(-n4cnc5cccnc54)cc3Cl)c2C(F)(F)F)cn1. The Morgan fingerprint density at radius 3 is 2.61 bits per heavy atom. The van der Waals surface area contributed by atoms with Crippen LogP contribution in [0.2, 0.25) is 5.02 Å². The molecule has 0 bridgehead atoms. The summed E-state index contributed by atoms with van der Waals surface area (Å²) < 4.78 is 45.1. The maximum absolute atomic E-state index is 14.0. The highest BCUT2D eigenvalue weighted by Gasteiger charge is 2.37. The second-order valence-electron chi connectivity index (χ2n) is 8.08. The third-order valence-electron chi connectivity index (χ3n) is 5.56. The Morgan fingerprint density at radius 1 is 1.06 bits per heavy atom. The van der Waals surface area contributed by atoms with Crippen LogP contribution in [0.25, 0.3) is 22.5 Å². The van der Waals surface area contributed by atoms with Crippen molar-refractivity contribution >= 4 is 34.4 Å². The number of pyridine rings is 1. The summed E-state index contributed by atoms with van der Waals surface area (Å²) in [5.74, 6) is -0.635. The molecular formula is C25H18ClF3N6O. The van der Waals surface area contributed by atoms with Crippen LogP contribution in [0.4, 0.5) is 18.9 Å². The molecule has 0 aliphatic heterocycles. The molecule has 0 aliphatic carbocycles. The molecule has 1 N–H and O–H groups in total. The smallest absolute Gasteiger partial charge is 0.325 e. The maximum Gasteiger partial charge on any atom is 0.420 e. The van der Waals surface area contributed by atoms with Crippen molar-refractivity contribution in [3.63, 3.8) is 0 Å². The van der Waals surface area contributed by atoms with Crippen LogP contribution in [0, 0.1) is 6.92 Å². The van der Waals surface area contributed by atoms with Crippen molar-refractivity contribution in [3.05, 3.63) is 95.4 Å². The van der Waals surface area contributed by atoms with Gasteiger partial charge < -0.3 is 9.88 Å². The van der Waals surface area contributed by atoms with Crippen molar-refractivity contribution in [3.8, 4) is 11.4 Å². The molecule has 1 amide bonds. The average molecular weight is 511 g/mol. The van der Waals surface area contributed by atoms with E-state index in [-0.39, 0.29) is 17.8 Å². The molecule has 0 saturated carbocycles. The number of nitrogens with one attached hydrogen (secondary N) is 1. The number of nitrogens with zero attached hydrogens (tertiary/aromatic N) is 5. The number of imidazole rings is 2. The van der Waals surface area contributed by atoms with Gasteiger partial charge in [-0.25, -0.2) is 15.0 Å². The monoisotopic (exact) mass is 510 g/mol. The number of aryl methyl sites for hydroxylation is 1. The van der Waals surface area contributed by atoms with Gasteiger partial charge >= 0.3 is 6.18 Å². The van der Waals surface area contributed by atoms with E-state index in [2.05, 4.69) is 20.3 Å². The normalized spacial score (nSPS) is 11.7. The Morgan fingerprint density at radius 2 is 1.89 bits per heavy atom. The van der Waals surface area contributed by atoms with E-state index in [1.54, 1.807) is 48.3 Å². The topological polar surface area (TPSA) is 77.6 Å². The van der Waals surface area contributed by atoms with Gasteiger partial charge in [0.1, 0.15) is 17.4 Å². The molecule has 36 heavy (non-hydrogen) atoms. The highest BCUT2D eigenvalue weighted by molar-refractivity contribution is 6.31. The second kappa shape index (κ2) is 9.12. The van der Waals surface area contributed by atoms with Crippen molar-refractivity contribution < 1.29 is 18.0 Å². The predicted molar refractivity (Wildman–Crippen MR) is 130 cm³/mol. The van der Waals surface area contributed by atoms with Crippen molar-refractivity contribution in [2.45, 2.75) is 19.5 Å². The molecule has 0 radical (unpaired) electrons. The molecule has 0 aliphatic rings. The number of fused-ring (bicyclic) bond motifs is 1. The maximum atomic E-state index is 14.0. The lowest BCUT2D eigenvalue weighted by atomic mass is 10.1. The number of hydrogen-bond donors (Lipinski definition) is 1. The third kappa shape index (κ3) is 4.55. The van der Waals surface area contributed by atoms with Crippen LogP contribution >= 0.6 is 11.6 Å². The first kappa shape index (κ1) is 23.6. The molecule has 2 aromatic carbocycles. The number of aromatic nitrogens is 5. The summed E-state index contributed by atoms with van der Waals surface area (Å²) in [5, 5.41) is 2.69. The van der Waals surface area contributed by atoms with Crippen LogP contribution in [0.5, 0.6) is 0 Å². The molecule has 5 rings (SSSR count). The van der Waals surface area contributed by atoms with E-state index >= 15 is 0 Å². The summed E-state index contributed by atoms with van der Waals surface area (Å²) in [6.45, 7) is 1.68. The van der Waals surface area contributed by atoms with Crippen LogP contribution in [0.3, 0.4) is 0 Å².